The Kier molecular flexibility index (Phi) is 5.43. The number of nitrogens with two attached hydrogens (primary N) is 1. The lowest BCUT2D eigenvalue weighted by Gasteiger charge is -2.19. The minimum Gasteiger partial charge on any atom is -0.271 e. The highest BCUT2D eigenvalue weighted by atomic mass is 79.9. The van der Waals surface area contributed by atoms with Crippen LogP contribution < -0.4 is 11.3 Å². The number of aryl methyl sites for hydroxylation is 2. The molecule has 0 aliphatic carbocycles. The molecule has 1 atom stereocenters. The number of benzene rings is 1. The summed E-state index contributed by atoms with van der Waals surface area (Å²) in [6, 6.07) is 5.88. The summed E-state index contributed by atoms with van der Waals surface area (Å²) in [6.07, 6.45) is 1.63. The number of hydrogen-bond donors (Lipinski definition) is 2. The van der Waals surface area contributed by atoms with Crippen molar-refractivity contribution in [2.24, 2.45) is 12.9 Å². The summed E-state index contributed by atoms with van der Waals surface area (Å²) in [4.78, 5) is 0. The second-order valence-corrected chi connectivity index (χ2v) is 6.26. The van der Waals surface area contributed by atoms with Gasteiger partial charge in [0.05, 0.1) is 21.9 Å². The van der Waals surface area contributed by atoms with Crippen molar-refractivity contribution >= 4 is 27.5 Å². The van der Waals surface area contributed by atoms with Crippen LogP contribution in [-0.2, 0) is 19.9 Å². The van der Waals surface area contributed by atoms with E-state index in [1.165, 1.54) is 0 Å². The van der Waals surface area contributed by atoms with Gasteiger partial charge in [0, 0.05) is 18.5 Å². The van der Waals surface area contributed by atoms with Crippen LogP contribution in [0.5, 0.6) is 0 Å². The van der Waals surface area contributed by atoms with Crippen LogP contribution in [0.25, 0.3) is 0 Å². The Morgan fingerprint density at radius 2 is 2.19 bits per heavy atom. The van der Waals surface area contributed by atoms with E-state index in [0.29, 0.717) is 0 Å². The fourth-order valence-corrected chi connectivity index (χ4v) is 3.46. The third-order valence-electron chi connectivity index (χ3n) is 3.79. The Labute approximate surface area is 138 Å². The molecule has 3 N–H and O–H groups in total. The lowest BCUT2D eigenvalue weighted by atomic mass is 9.98. The smallest absolute Gasteiger partial charge is 0.0766 e. The van der Waals surface area contributed by atoms with E-state index in [4.69, 9.17) is 17.4 Å². The van der Waals surface area contributed by atoms with Gasteiger partial charge in [-0.15, -0.1) is 0 Å². The van der Waals surface area contributed by atoms with Crippen molar-refractivity contribution in [3.8, 4) is 0 Å². The fourth-order valence-electron chi connectivity index (χ4n) is 2.50. The third-order valence-corrected chi connectivity index (χ3v) is 5.11. The monoisotopic (exact) mass is 370 g/mol. The van der Waals surface area contributed by atoms with Crippen LogP contribution >= 0.6 is 27.5 Å². The van der Waals surface area contributed by atoms with Crippen LogP contribution in [0.2, 0.25) is 5.02 Å². The second-order valence-electron chi connectivity index (χ2n) is 5.06. The van der Waals surface area contributed by atoms with Crippen molar-refractivity contribution in [3.63, 3.8) is 0 Å². The first-order valence-corrected chi connectivity index (χ1v) is 8.08. The Morgan fingerprint density at radius 1 is 1.48 bits per heavy atom. The molecular formula is C15H20BrClN4. The number of rotatable bonds is 5. The molecule has 0 fully saturated rings. The van der Waals surface area contributed by atoms with E-state index in [0.717, 1.165) is 44.9 Å². The van der Waals surface area contributed by atoms with Crippen molar-refractivity contribution in [3.05, 3.63) is 50.2 Å². The summed E-state index contributed by atoms with van der Waals surface area (Å²) in [5, 5.41) is 5.28. The first-order chi connectivity index (χ1) is 9.99. The van der Waals surface area contributed by atoms with Gasteiger partial charge in [0.2, 0.25) is 0 Å². The highest BCUT2D eigenvalue weighted by Crippen LogP contribution is 2.29. The number of aromatic nitrogens is 2. The van der Waals surface area contributed by atoms with Gasteiger partial charge in [-0.2, -0.15) is 5.10 Å². The number of nitrogens with one attached hydrogen (secondary N) is 1. The molecule has 0 amide bonds. The van der Waals surface area contributed by atoms with Crippen LogP contribution in [0.1, 0.15) is 35.5 Å². The van der Waals surface area contributed by atoms with Gasteiger partial charge in [0.1, 0.15) is 0 Å². The Hall–Kier alpha value is -0.880. The zero-order valence-corrected chi connectivity index (χ0v) is 14.8. The number of hydrazine groups is 1. The third kappa shape index (κ3) is 3.31. The zero-order chi connectivity index (χ0) is 15.6. The van der Waals surface area contributed by atoms with Crippen molar-refractivity contribution in [2.45, 2.75) is 32.7 Å². The van der Waals surface area contributed by atoms with Crippen LogP contribution in [0.3, 0.4) is 0 Å². The van der Waals surface area contributed by atoms with E-state index < -0.39 is 0 Å². The highest BCUT2D eigenvalue weighted by Gasteiger charge is 2.20. The molecule has 1 aromatic carbocycles. The summed E-state index contributed by atoms with van der Waals surface area (Å²) in [6.45, 7) is 4.11. The molecule has 0 radical (unpaired) electrons. The van der Waals surface area contributed by atoms with Gasteiger partial charge in [-0.25, -0.2) is 0 Å². The molecule has 2 aromatic rings. The van der Waals surface area contributed by atoms with E-state index in [1.807, 2.05) is 30.8 Å². The summed E-state index contributed by atoms with van der Waals surface area (Å²) in [5.41, 5.74) is 7.24. The van der Waals surface area contributed by atoms with E-state index >= 15 is 0 Å². The molecule has 0 spiro atoms. The van der Waals surface area contributed by atoms with Gasteiger partial charge in [-0.3, -0.25) is 16.0 Å². The van der Waals surface area contributed by atoms with Crippen LogP contribution in [0, 0.1) is 6.92 Å². The Balaban J connectivity index is 2.36. The lowest BCUT2D eigenvalue weighted by Crippen LogP contribution is -2.30. The van der Waals surface area contributed by atoms with Crippen molar-refractivity contribution in [1.29, 1.82) is 0 Å². The van der Waals surface area contributed by atoms with Gasteiger partial charge in [0.25, 0.3) is 0 Å². The highest BCUT2D eigenvalue weighted by molar-refractivity contribution is 9.10. The summed E-state index contributed by atoms with van der Waals surface area (Å²) < 4.78 is 2.97. The van der Waals surface area contributed by atoms with E-state index in [1.54, 1.807) is 0 Å². The van der Waals surface area contributed by atoms with Crippen LogP contribution in [0.15, 0.2) is 22.7 Å². The average molecular weight is 372 g/mol. The molecule has 2 rings (SSSR count). The minimum atomic E-state index is -0.0138. The first-order valence-electron chi connectivity index (χ1n) is 6.90. The predicted octanol–water partition coefficient (Wildman–Crippen LogP) is 3.45. The van der Waals surface area contributed by atoms with Crippen molar-refractivity contribution < 1.29 is 0 Å². The summed E-state index contributed by atoms with van der Waals surface area (Å²) >= 11 is 9.86. The maximum atomic E-state index is 6.21. The van der Waals surface area contributed by atoms with Crippen molar-refractivity contribution in [1.82, 2.24) is 15.2 Å². The predicted molar refractivity (Wildman–Crippen MR) is 90.2 cm³/mol. The van der Waals surface area contributed by atoms with Gasteiger partial charge >= 0.3 is 0 Å². The molecule has 0 saturated carbocycles. The summed E-state index contributed by atoms with van der Waals surface area (Å²) in [7, 11) is 1.96. The fraction of sp³-hybridized carbons (Fsp3) is 0.400. The number of hydrogen-bond acceptors (Lipinski definition) is 3. The molecule has 1 aromatic heterocycles. The molecule has 4 nitrogen and oxygen atoms in total. The van der Waals surface area contributed by atoms with Crippen molar-refractivity contribution in [2.75, 3.05) is 0 Å². The molecule has 1 unspecified atom stereocenters. The van der Waals surface area contributed by atoms with Gasteiger partial charge in [0.15, 0.2) is 0 Å². The van der Waals surface area contributed by atoms with E-state index in [2.05, 4.69) is 39.4 Å². The molecule has 6 heteroatoms. The lowest BCUT2D eigenvalue weighted by molar-refractivity contribution is 0.527. The second kappa shape index (κ2) is 6.92. The number of halogens is 2. The number of nitrogens with zero attached hydrogens (tertiary/aromatic N) is 2. The SMILES string of the molecule is CCc1nn(C)c(CC(NN)c2cccc(Cl)c2C)c1Br. The topological polar surface area (TPSA) is 55.9 Å². The largest absolute Gasteiger partial charge is 0.271 e. The van der Waals surface area contributed by atoms with E-state index in [-0.39, 0.29) is 6.04 Å². The van der Waals surface area contributed by atoms with Gasteiger partial charge in [-0.05, 0) is 46.5 Å². The molecular weight excluding hydrogens is 352 g/mol. The molecule has 21 heavy (non-hydrogen) atoms. The molecule has 1 heterocycles. The average Bonchev–Trinajstić information content (AvgIpc) is 2.74. The maximum absolute atomic E-state index is 6.21. The first kappa shape index (κ1) is 16.5. The molecule has 0 aliphatic rings. The normalized spacial score (nSPS) is 12.7. The molecule has 0 saturated heterocycles. The standard InChI is InChI=1S/C15H20BrClN4/c1-4-12-15(16)14(21(3)20-12)8-13(19-18)10-6-5-7-11(17)9(10)2/h5-7,13,19H,4,8,18H2,1-3H3. The Morgan fingerprint density at radius 3 is 2.76 bits per heavy atom. The van der Waals surface area contributed by atoms with Gasteiger partial charge < -0.3 is 0 Å². The van der Waals surface area contributed by atoms with E-state index in [9.17, 15) is 0 Å². The van der Waals surface area contributed by atoms with Gasteiger partial charge in [-0.1, -0.05) is 30.7 Å². The molecule has 0 bridgehead atoms. The van der Waals surface area contributed by atoms with Crippen LogP contribution in [-0.4, -0.2) is 9.78 Å². The molecule has 114 valence electrons. The maximum Gasteiger partial charge on any atom is 0.0766 e. The minimum absolute atomic E-state index is 0.0138. The molecule has 0 aliphatic heterocycles. The summed E-state index contributed by atoms with van der Waals surface area (Å²) in [5.74, 6) is 5.77. The zero-order valence-electron chi connectivity index (χ0n) is 12.5. The van der Waals surface area contributed by atoms with Crippen LogP contribution in [0.4, 0.5) is 0 Å². The Bertz CT molecular complexity index is 639. The quantitative estimate of drug-likeness (QED) is 0.625.